The Balaban J connectivity index is 1.95. The van der Waals surface area contributed by atoms with Crippen molar-refractivity contribution in [2.24, 2.45) is 5.92 Å². The number of aromatic nitrogens is 2. The zero-order valence-corrected chi connectivity index (χ0v) is 8.76. The van der Waals surface area contributed by atoms with E-state index in [0.29, 0.717) is 12.0 Å². The van der Waals surface area contributed by atoms with Crippen LogP contribution in [0, 0.1) is 5.92 Å². The van der Waals surface area contributed by atoms with Crippen LogP contribution in [-0.2, 0) is 16.4 Å². The van der Waals surface area contributed by atoms with Crippen LogP contribution >= 0.6 is 0 Å². The van der Waals surface area contributed by atoms with Gasteiger partial charge in [-0.05, 0) is 0 Å². The van der Waals surface area contributed by atoms with Gasteiger partial charge < -0.3 is 10.0 Å². The number of hydrogen-bond acceptors (Lipinski definition) is 5. The Morgan fingerprint density at radius 2 is 2.20 bits per heavy atom. The van der Waals surface area contributed by atoms with Crippen molar-refractivity contribution in [1.82, 2.24) is 9.78 Å². The summed E-state index contributed by atoms with van der Waals surface area (Å²) in [6, 6.07) is 0. The summed E-state index contributed by atoms with van der Waals surface area (Å²) in [5.41, 5.74) is 0.317. The highest BCUT2D eigenvalue weighted by Gasteiger charge is 2.33. The normalized spacial score (nSPS) is 19.9. The van der Waals surface area contributed by atoms with Crippen molar-refractivity contribution in [2.75, 3.05) is 11.5 Å². The second-order valence-electron chi connectivity index (χ2n) is 3.81. The molecule has 1 aliphatic rings. The molecule has 8 heteroatoms. The highest BCUT2D eigenvalue weighted by atomic mass is 32.2. The van der Waals surface area contributed by atoms with E-state index in [0.717, 1.165) is 0 Å². The third kappa shape index (κ3) is 2.39. The first-order valence-electron chi connectivity index (χ1n) is 4.55. The lowest BCUT2D eigenvalue weighted by Gasteiger charge is -2.25. The fourth-order valence-electron chi connectivity index (χ4n) is 1.65. The molecule has 0 spiro atoms. The van der Waals surface area contributed by atoms with Crippen LogP contribution in [0.3, 0.4) is 0 Å². The average molecular weight is 230 g/mol. The molecule has 0 atom stereocenters. The van der Waals surface area contributed by atoms with Crippen LogP contribution in [0.25, 0.3) is 0 Å². The maximum absolute atomic E-state index is 10.9. The van der Waals surface area contributed by atoms with E-state index in [9.17, 15) is 8.42 Å². The largest absolute Gasteiger partial charge is 0.491 e. The van der Waals surface area contributed by atoms with Crippen molar-refractivity contribution >= 4 is 22.4 Å². The van der Waals surface area contributed by atoms with Gasteiger partial charge in [0.15, 0.2) is 9.84 Å². The van der Waals surface area contributed by atoms with Crippen molar-refractivity contribution in [2.45, 2.75) is 6.54 Å². The molecule has 82 valence electrons. The second kappa shape index (κ2) is 3.62. The first-order chi connectivity index (χ1) is 6.96. The zero-order chi connectivity index (χ0) is 11.1. The molecular weight excluding hydrogens is 219 g/mol. The lowest BCUT2D eigenvalue weighted by atomic mass is 9.83. The van der Waals surface area contributed by atoms with Gasteiger partial charge in [-0.25, -0.2) is 8.42 Å². The third-order valence-corrected chi connectivity index (χ3v) is 4.33. The van der Waals surface area contributed by atoms with E-state index in [-0.39, 0.29) is 17.4 Å². The number of nitrogens with zero attached hydrogens (tertiary/aromatic N) is 2. The molecule has 0 bridgehead atoms. The van der Waals surface area contributed by atoms with Crippen LogP contribution in [0.1, 0.15) is 0 Å². The standard InChI is InChI=1S/C7H11BN2O4S/c11-8(12)7-1-9-10(3-7)2-6-4-15(13,14)5-6/h1,3,6,11-12H,2,4-5H2. The van der Waals surface area contributed by atoms with Crippen LogP contribution in [0.15, 0.2) is 12.4 Å². The van der Waals surface area contributed by atoms with Gasteiger partial charge in [0.05, 0.1) is 11.5 Å². The van der Waals surface area contributed by atoms with E-state index in [1.807, 2.05) is 0 Å². The predicted molar refractivity (Wildman–Crippen MR) is 54.2 cm³/mol. The smallest absolute Gasteiger partial charge is 0.423 e. The van der Waals surface area contributed by atoms with Crippen LogP contribution in [0.2, 0.25) is 0 Å². The molecule has 0 unspecified atom stereocenters. The van der Waals surface area contributed by atoms with Crippen molar-refractivity contribution < 1.29 is 18.5 Å². The minimum absolute atomic E-state index is 0.0959. The average Bonchev–Trinajstić information content (AvgIpc) is 2.49. The van der Waals surface area contributed by atoms with Crippen molar-refractivity contribution in [1.29, 1.82) is 0 Å². The van der Waals surface area contributed by atoms with Crippen molar-refractivity contribution in [3.63, 3.8) is 0 Å². The molecule has 0 radical (unpaired) electrons. The summed E-state index contributed by atoms with van der Waals surface area (Å²) in [5.74, 6) is 0.492. The summed E-state index contributed by atoms with van der Waals surface area (Å²) < 4.78 is 23.3. The topological polar surface area (TPSA) is 92.4 Å². The highest BCUT2D eigenvalue weighted by molar-refractivity contribution is 7.92. The Hall–Kier alpha value is -0.855. The first kappa shape index (κ1) is 10.7. The highest BCUT2D eigenvalue weighted by Crippen LogP contribution is 2.19. The van der Waals surface area contributed by atoms with Crippen LogP contribution in [0.5, 0.6) is 0 Å². The van der Waals surface area contributed by atoms with Crippen molar-refractivity contribution in [3.05, 3.63) is 12.4 Å². The van der Waals surface area contributed by atoms with Crippen LogP contribution in [-0.4, -0.2) is 46.9 Å². The van der Waals surface area contributed by atoms with Crippen LogP contribution in [0.4, 0.5) is 0 Å². The van der Waals surface area contributed by atoms with E-state index in [1.54, 1.807) is 0 Å². The first-order valence-corrected chi connectivity index (χ1v) is 6.37. The molecule has 1 fully saturated rings. The Labute approximate surface area is 87.6 Å². The van der Waals surface area contributed by atoms with Gasteiger partial charge in [-0.2, -0.15) is 5.10 Å². The maximum Gasteiger partial charge on any atom is 0.491 e. The molecule has 2 rings (SSSR count). The molecule has 0 amide bonds. The molecule has 1 aromatic heterocycles. The SMILES string of the molecule is O=S1(=O)CC(Cn2cc(B(O)O)cn2)C1. The van der Waals surface area contributed by atoms with E-state index in [4.69, 9.17) is 10.0 Å². The maximum atomic E-state index is 10.9. The lowest BCUT2D eigenvalue weighted by molar-refractivity contribution is 0.424. The van der Waals surface area contributed by atoms with E-state index in [2.05, 4.69) is 5.10 Å². The minimum Gasteiger partial charge on any atom is -0.423 e. The summed E-state index contributed by atoms with van der Waals surface area (Å²) in [4.78, 5) is 0. The number of sulfone groups is 1. The molecule has 15 heavy (non-hydrogen) atoms. The quantitative estimate of drug-likeness (QED) is 0.565. The second-order valence-corrected chi connectivity index (χ2v) is 5.97. The Bertz CT molecular complexity index is 443. The molecule has 1 saturated heterocycles. The molecular formula is C7H11BN2O4S. The molecule has 0 aliphatic carbocycles. The molecule has 0 saturated carbocycles. The number of hydrogen-bond donors (Lipinski definition) is 2. The van der Waals surface area contributed by atoms with E-state index >= 15 is 0 Å². The lowest BCUT2D eigenvalue weighted by Crippen LogP contribution is -2.39. The Kier molecular flexibility index (Phi) is 2.57. The molecule has 2 N–H and O–H groups in total. The van der Waals surface area contributed by atoms with Gasteiger partial charge in [-0.3, -0.25) is 4.68 Å². The third-order valence-electron chi connectivity index (χ3n) is 2.38. The van der Waals surface area contributed by atoms with Gasteiger partial charge in [-0.15, -0.1) is 0 Å². The number of rotatable bonds is 3. The van der Waals surface area contributed by atoms with Gasteiger partial charge in [0.1, 0.15) is 0 Å². The fraction of sp³-hybridized carbons (Fsp3) is 0.571. The summed E-state index contributed by atoms with van der Waals surface area (Å²) in [5, 5.41) is 21.6. The monoisotopic (exact) mass is 230 g/mol. The molecule has 0 aromatic carbocycles. The van der Waals surface area contributed by atoms with Gasteiger partial charge in [0, 0.05) is 30.3 Å². The van der Waals surface area contributed by atoms with Gasteiger partial charge in [-0.1, -0.05) is 0 Å². The van der Waals surface area contributed by atoms with Gasteiger partial charge >= 0.3 is 7.12 Å². The summed E-state index contributed by atoms with van der Waals surface area (Å²) >= 11 is 0. The van der Waals surface area contributed by atoms with Gasteiger partial charge in [0.25, 0.3) is 0 Å². The molecule has 1 aromatic rings. The Morgan fingerprint density at radius 3 is 2.67 bits per heavy atom. The summed E-state index contributed by atoms with van der Waals surface area (Å²) in [6.07, 6.45) is 2.87. The minimum atomic E-state index is -2.80. The van der Waals surface area contributed by atoms with Crippen molar-refractivity contribution in [3.8, 4) is 0 Å². The van der Waals surface area contributed by atoms with Gasteiger partial charge in [0.2, 0.25) is 0 Å². The summed E-state index contributed by atoms with van der Waals surface area (Å²) in [6.45, 7) is 0.506. The molecule has 6 nitrogen and oxygen atoms in total. The molecule has 2 heterocycles. The molecule has 1 aliphatic heterocycles. The predicted octanol–water partition coefficient (Wildman–Crippen LogP) is -2.39. The van der Waals surface area contributed by atoms with Crippen LogP contribution < -0.4 is 5.46 Å². The van der Waals surface area contributed by atoms with E-state index in [1.165, 1.54) is 17.1 Å². The Morgan fingerprint density at radius 1 is 1.53 bits per heavy atom. The summed E-state index contributed by atoms with van der Waals surface area (Å²) in [7, 11) is -4.32. The zero-order valence-electron chi connectivity index (χ0n) is 7.94. The fourth-order valence-corrected chi connectivity index (χ4v) is 3.20. The van der Waals surface area contributed by atoms with E-state index < -0.39 is 17.0 Å².